The first-order chi connectivity index (χ1) is 19.0. The second-order valence-electron chi connectivity index (χ2n) is 8.82. The third-order valence-corrected chi connectivity index (χ3v) is 5.57. The molecule has 0 saturated carbocycles. The fraction of sp³-hybridized carbons (Fsp3) is 0.345. The highest BCUT2D eigenvalue weighted by Gasteiger charge is 2.53. The number of carbonyl (C=O) groups excluding carboxylic acids is 5. The van der Waals surface area contributed by atoms with Crippen molar-refractivity contribution in [1.29, 1.82) is 0 Å². The van der Waals surface area contributed by atoms with Gasteiger partial charge in [0.25, 0.3) is 0 Å². The zero-order valence-corrected chi connectivity index (χ0v) is 22.4. The van der Waals surface area contributed by atoms with E-state index in [0.29, 0.717) is 5.56 Å². The molecule has 2 aromatic carbocycles. The Morgan fingerprint density at radius 2 is 1.30 bits per heavy atom. The number of esters is 4. The molecule has 0 radical (unpaired) electrons. The van der Waals surface area contributed by atoms with Gasteiger partial charge in [-0.1, -0.05) is 36.4 Å². The lowest BCUT2D eigenvalue weighted by atomic mass is 9.98. The van der Waals surface area contributed by atoms with Crippen LogP contribution in [-0.4, -0.2) is 67.0 Å². The average molecular weight is 555 g/mol. The summed E-state index contributed by atoms with van der Waals surface area (Å²) in [5.74, 6) is -2.87. The molecule has 1 aliphatic heterocycles. The van der Waals surface area contributed by atoms with Crippen LogP contribution in [0.4, 0.5) is 0 Å². The predicted molar refractivity (Wildman–Crippen MR) is 139 cm³/mol. The van der Waals surface area contributed by atoms with Crippen LogP contribution in [0.15, 0.2) is 60.7 Å². The third kappa shape index (κ3) is 8.77. The van der Waals surface area contributed by atoms with E-state index in [2.05, 4.69) is 0 Å². The summed E-state index contributed by atoms with van der Waals surface area (Å²) in [5.41, 5.74) is 1.26. The zero-order valence-electron chi connectivity index (χ0n) is 22.4. The van der Waals surface area contributed by atoms with E-state index < -0.39 is 54.6 Å². The average Bonchev–Trinajstić information content (AvgIpc) is 2.89. The van der Waals surface area contributed by atoms with Gasteiger partial charge in [0.2, 0.25) is 12.4 Å². The van der Waals surface area contributed by atoms with Gasteiger partial charge in [-0.15, -0.1) is 0 Å². The molecule has 0 amide bonds. The summed E-state index contributed by atoms with van der Waals surface area (Å²) in [7, 11) is 0. The van der Waals surface area contributed by atoms with Crippen molar-refractivity contribution in [1.82, 2.24) is 0 Å². The minimum absolute atomic E-state index is 0.226. The lowest BCUT2D eigenvalue weighted by Gasteiger charge is -2.43. The molecular weight excluding hydrogens is 524 g/mol. The first-order valence-electron chi connectivity index (χ1n) is 12.4. The van der Waals surface area contributed by atoms with E-state index in [1.807, 2.05) is 30.3 Å². The van der Waals surface area contributed by atoms with E-state index in [4.69, 9.17) is 28.4 Å². The molecular formula is C29H30O11. The van der Waals surface area contributed by atoms with Crippen LogP contribution < -0.4 is 4.74 Å². The van der Waals surface area contributed by atoms with Gasteiger partial charge in [0.1, 0.15) is 18.5 Å². The van der Waals surface area contributed by atoms with Crippen LogP contribution in [0.5, 0.6) is 5.75 Å². The van der Waals surface area contributed by atoms with E-state index in [-0.39, 0.29) is 18.1 Å². The topological polar surface area (TPSA) is 141 Å². The second kappa shape index (κ2) is 14.0. The van der Waals surface area contributed by atoms with Gasteiger partial charge in [0, 0.05) is 33.3 Å². The molecule has 11 heteroatoms. The summed E-state index contributed by atoms with van der Waals surface area (Å²) in [6, 6.07) is 15.5. The molecule has 212 valence electrons. The van der Waals surface area contributed by atoms with Crippen LogP contribution in [0.2, 0.25) is 0 Å². The van der Waals surface area contributed by atoms with Gasteiger partial charge in [-0.25, -0.2) is 0 Å². The molecule has 0 N–H and O–H groups in total. The largest absolute Gasteiger partial charge is 0.463 e. The van der Waals surface area contributed by atoms with Crippen LogP contribution >= 0.6 is 0 Å². The smallest absolute Gasteiger partial charge is 0.303 e. The Bertz CT molecular complexity index is 1240. The highest BCUT2D eigenvalue weighted by Crippen LogP contribution is 2.31. The lowest BCUT2D eigenvalue weighted by molar-refractivity contribution is -0.288. The zero-order chi connectivity index (χ0) is 29.2. The highest BCUT2D eigenvalue weighted by molar-refractivity contribution is 6.06. The van der Waals surface area contributed by atoms with E-state index >= 15 is 0 Å². The Morgan fingerprint density at radius 1 is 0.725 bits per heavy atom. The van der Waals surface area contributed by atoms with E-state index in [9.17, 15) is 24.0 Å². The number of rotatable bonds is 10. The first kappa shape index (κ1) is 30.0. The molecule has 1 heterocycles. The van der Waals surface area contributed by atoms with Gasteiger partial charge >= 0.3 is 23.9 Å². The number of hydrogen-bond acceptors (Lipinski definition) is 11. The fourth-order valence-corrected chi connectivity index (χ4v) is 3.95. The Morgan fingerprint density at radius 3 is 1.88 bits per heavy atom. The number of benzene rings is 2. The predicted octanol–water partition coefficient (Wildman–Crippen LogP) is 3.04. The summed E-state index contributed by atoms with van der Waals surface area (Å²) >= 11 is 0. The molecule has 11 nitrogen and oxygen atoms in total. The Balaban J connectivity index is 1.86. The molecule has 0 aliphatic carbocycles. The summed E-state index contributed by atoms with van der Waals surface area (Å²) < 4.78 is 33.0. The molecule has 0 aromatic heterocycles. The number of ketones is 1. The normalized spacial score (nSPS) is 22.1. The number of ether oxygens (including phenoxy) is 6. The second-order valence-corrected chi connectivity index (χ2v) is 8.82. The standard InChI is InChI=1S/C29H30O11/c1-17(30)35-16-25-26(36-18(2)31)27(37-19(3)32)28(38-20(4)33)29(40-25)39-23-13-11-22(12-14-23)24(34)15-10-21-8-6-5-7-9-21/h5-15,25-29H,16H2,1-4H3/b15-10+/t25-,26+,27+,28+,29-/m1/s1. The van der Waals surface area contributed by atoms with Gasteiger partial charge in [0.15, 0.2) is 18.0 Å². The van der Waals surface area contributed by atoms with Crippen molar-refractivity contribution in [2.75, 3.05) is 6.61 Å². The Kier molecular flexibility index (Phi) is 10.5. The van der Waals surface area contributed by atoms with Crippen molar-refractivity contribution < 1.29 is 52.4 Å². The molecule has 1 fully saturated rings. The maximum absolute atomic E-state index is 12.6. The molecule has 3 rings (SSSR count). The van der Waals surface area contributed by atoms with Crippen LogP contribution in [0.25, 0.3) is 6.08 Å². The van der Waals surface area contributed by atoms with Gasteiger partial charge in [-0.05, 0) is 35.9 Å². The van der Waals surface area contributed by atoms with Gasteiger partial charge in [-0.3, -0.25) is 24.0 Å². The Labute approximate surface area is 230 Å². The quantitative estimate of drug-likeness (QED) is 0.185. The molecule has 0 bridgehead atoms. The molecule has 1 aliphatic rings. The third-order valence-electron chi connectivity index (χ3n) is 5.57. The van der Waals surface area contributed by atoms with E-state index in [1.165, 1.54) is 37.3 Å². The lowest BCUT2D eigenvalue weighted by Crippen LogP contribution is -2.63. The van der Waals surface area contributed by atoms with Gasteiger partial charge < -0.3 is 28.4 Å². The maximum Gasteiger partial charge on any atom is 0.303 e. The van der Waals surface area contributed by atoms with Crippen LogP contribution in [-0.2, 0) is 42.9 Å². The summed E-state index contributed by atoms with van der Waals surface area (Å²) in [6.45, 7) is 4.20. The van der Waals surface area contributed by atoms with Crippen molar-refractivity contribution in [3.05, 3.63) is 71.8 Å². The molecule has 2 aromatic rings. The van der Waals surface area contributed by atoms with Crippen molar-refractivity contribution in [3.63, 3.8) is 0 Å². The maximum atomic E-state index is 12.6. The van der Waals surface area contributed by atoms with Crippen LogP contribution in [0.1, 0.15) is 43.6 Å². The fourth-order valence-electron chi connectivity index (χ4n) is 3.95. The number of carbonyl (C=O) groups is 5. The van der Waals surface area contributed by atoms with Crippen LogP contribution in [0, 0.1) is 0 Å². The van der Waals surface area contributed by atoms with Gasteiger partial charge in [-0.2, -0.15) is 0 Å². The van der Waals surface area contributed by atoms with E-state index in [1.54, 1.807) is 6.08 Å². The number of allylic oxidation sites excluding steroid dienone is 1. The van der Waals surface area contributed by atoms with Gasteiger partial charge in [0.05, 0.1) is 0 Å². The number of hydrogen-bond donors (Lipinski definition) is 0. The summed E-state index contributed by atoms with van der Waals surface area (Å²) in [6.07, 6.45) is -3.38. The van der Waals surface area contributed by atoms with E-state index in [0.717, 1.165) is 26.3 Å². The monoisotopic (exact) mass is 554 g/mol. The molecule has 5 atom stereocenters. The minimum atomic E-state index is -1.37. The SMILES string of the molecule is CC(=O)OC[C@H]1O[C@@H](Oc2ccc(C(=O)/C=C/c3ccccc3)cc2)[C@@H](OC(C)=O)[C@@H](OC(C)=O)[C@H]1OC(C)=O. The molecule has 1 saturated heterocycles. The highest BCUT2D eigenvalue weighted by atomic mass is 16.7. The van der Waals surface area contributed by atoms with Crippen molar-refractivity contribution in [2.45, 2.75) is 58.4 Å². The summed E-state index contributed by atoms with van der Waals surface area (Å²) in [5, 5.41) is 0. The van der Waals surface area contributed by atoms with Crippen molar-refractivity contribution >= 4 is 35.7 Å². The Hall–Kier alpha value is -4.51. The minimum Gasteiger partial charge on any atom is -0.463 e. The molecule has 0 spiro atoms. The first-order valence-corrected chi connectivity index (χ1v) is 12.4. The van der Waals surface area contributed by atoms with Crippen molar-refractivity contribution in [3.8, 4) is 5.75 Å². The van der Waals surface area contributed by atoms with Crippen molar-refractivity contribution in [2.24, 2.45) is 0 Å². The molecule has 0 unspecified atom stereocenters. The summed E-state index contributed by atoms with van der Waals surface area (Å²) in [4.78, 5) is 59.8. The van der Waals surface area contributed by atoms with Crippen LogP contribution in [0.3, 0.4) is 0 Å². The molecule has 40 heavy (non-hydrogen) atoms.